The first-order chi connectivity index (χ1) is 10.9. The molecule has 0 radical (unpaired) electrons. The minimum absolute atomic E-state index is 0.111. The van der Waals surface area contributed by atoms with Crippen molar-refractivity contribution in [3.63, 3.8) is 0 Å². The lowest BCUT2D eigenvalue weighted by molar-refractivity contribution is -0.130. The molecule has 23 heavy (non-hydrogen) atoms. The molecule has 8 nitrogen and oxygen atoms in total. The van der Waals surface area contributed by atoms with E-state index in [1.807, 2.05) is 13.8 Å². The van der Waals surface area contributed by atoms with E-state index < -0.39 is 5.69 Å². The second-order valence-corrected chi connectivity index (χ2v) is 5.49. The molecule has 2 heterocycles. The molecule has 0 fully saturated rings. The summed E-state index contributed by atoms with van der Waals surface area (Å²) in [7, 11) is 3.04. The second kappa shape index (κ2) is 6.80. The Morgan fingerprint density at radius 2 is 1.83 bits per heavy atom. The average molecular weight is 321 g/mol. The van der Waals surface area contributed by atoms with Crippen LogP contribution in [0.15, 0.2) is 15.9 Å². The van der Waals surface area contributed by atoms with E-state index >= 15 is 0 Å². The van der Waals surface area contributed by atoms with Gasteiger partial charge in [0.1, 0.15) is 0 Å². The van der Waals surface area contributed by atoms with Crippen molar-refractivity contribution in [2.75, 3.05) is 13.1 Å². The number of hydrogen-bond acceptors (Lipinski definition) is 4. The quantitative estimate of drug-likeness (QED) is 0.754. The topological polar surface area (TPSA) is 82.1 Å². The van der Waals surface area contributed by atoms with Crippen molar-refractivity contribution in [1.82, 2.24) is 23.6 Å². The maximum atomic E-state index is 12.3. The molecule has 0 spiro atoms. The summed E-state index contributed by atoms with van der Waals surface area (Å²) in [6, 6.07) is 0. The summed E-state index contributed by atoms with van der Waals surface area (Å²) in [6.07, 6.45) is 2.59. The van der Waals surface area contributed by atoms with Gasteiger partial charge in [-0.3, -0.25) is 18.7 Å². The van der Waals surface area contributed by atoms with Gasteiger partial charge < -0.3 is 9.47 Å². The molecule has 0 unspecified atom stereocenters. The van der Waals surface area contributed by atoms with Crippen LogP contribution in [0.3, 0.4) is 0 Å². The molecule has 0 aliphatic rings. The van der Waals surface area contributed by atoms with Gasteiger partial charge in [0, 0.05) is 40.2 Å². The van der Waals surface area contributed by atoms with Crippen molar-refractivity contribution in [1.29, 1.82) is 0 Å². The Hall–Kier alpha value is -2.38. The van der Waals surface area contributed by atoms with Crippen LogP contribution in [0.5, 0.6) is 0 Å². The van der Waals surface area contributed by atoms with Crippen molar-refractivity contribution in [2.45, 2.75) is 33.2 Å². The highest BCUT2D eigenvalue weighted by Crippen LogP contribution is 2.08. The molecule has 126 valence electrons. The third-order valence-corrected chi connectivity index (χ3v) is 4.12. The second-order valence-electron chi connectivity index (χ2n) is 5.49. The van der Waals surface area contributed by atoms with Crippen LogP contribution in [-0.4, -0.2) is 42.6 Å². The van der Waals surface area contributed by atoms with Crippen LogP contribution in [0.1, 0.15) is 26.7 Å². The predicted octanol–water partition coefficient (Wildman–Crippen LogP) is 0.0823. The lowest BCUT2D eigenvalue weighted by Gasteiger charge is -2.18. The summed E-state index contributed by atoms with van der Waals surface area (Å²) in [5.41, 5.74) is -0.00168. The van der Waals surface area contributed by atoms with Gasteiger partial charge in [0.2, 0.25) is 5.91 Å². The molecule has 8 heteroatoms. The minimum atomic E-state index is -0.399. The third-order valence-electron chi connectivity index (χ3n) is 4.12. The molecule has 0 aromatic carbocycles. The zero-order chi connectivity index (χ0) is 17.1. The van der Waals surface area contributed by atoms with E-state index in [1.165, 1.54) is 11.6 Å². The van der Waals surface area contributed by atoms with Gasteiger partial charge in [-0.2, -0.15) is 0 Å². The summed E-state index contributed by atoms with van der Waals surface area (Å²) in [4.78, 5) is 42.1. The Labute approximate surface area is 134 Å². The Morgan fingerprint density at radius 1 is 1.17 bits per heavy atom. The molecule has 2 aromatic heterocycles. The van der Waals surface area contributed by atoms with E-state index in [0.29, 0.717) is 43.6 Å². The molecule has 0 atom stereocenters. The lowest BCUT2D eigenvalue weighted by atomic mass is 10.2. The molecule has 0 N–H and O–H groups in total. The van der Waals surface area contributed by atoms with Crippen LogP contribution < -0.4 is 11.2 Å². The lowest BCUT2D eigenvalue weighted by Crippen LogP contribution is -2.37. The first kappa shape index (κ1) is 17.0. The van der Waals surface area contributed by atoms with Crippen LogP contribution in [0.4, 0.5) is 0 Å². The predicted molar refractivity (Wildman–Crippen MR) is 87.4 cm³/mol. The zero-order valence-electron chi connectivity index (χ0n) is 14.1. The van der Waals surface area contributed by atoms with Crippen molar-refractivity contribution in [3.05, 3.63) is 27.2 Å². The third kappa shape index (κ3) is 3.06. The molecule has 0 bridgehead atoms. The van der Waals surface area contributed by atoms with Gasteiger partial charge in [0.15, 0.2) is 11.2 Å². The maximum Gasteiger partial charge on any atom is 0.332 e. The Bertz CT molecular complexity index is 826. The molecular weight excluding hydrogens is 298 g/mol. The number of carbonyl (C=O) groups excluding carboxylic acids is 1. The highest BCUT2D eigenvalue weighted by Gasteiger charge is 2.15. The normalized spacial score (nSPS) is 11.1. The van der Waals surface area contributed by atoms with Crippen LogP contribution in [-0.2, 0) is 25.4 Å². The van der Waals surface area contributed by atoms with Crippen molar-refractivity contribution in [2.24, 2.45) is 14.1 Å². The Morgan fingerprint density at radius 3 is 2.43 bits per heavy atom. The molecular formula is C15H23N5O3. The number of fused-ring (bicyclic) bond motifs is 1. The first-order valence-corrected chi connectivity index (χ1v) is 7.80. The summed E-state index contributed by atoms with van der Waals surface area (Å²) in [6.45, 7) is 5.82. The van der Waals surface area contributed by atoms with Crippen molar-refractivity contribution >= 4 is 17.1 Å². The highest BCUT2D eigenvalue weighted by atomic mass is 16.2. The fraction of sp³-hybridized carbons (Fsp3) is 0.600. The maximum absolute atomic E-state index is 12.3. The van der Waals surface area contributed by atoms with E-state index in [0.717, 1.165) is 4.57 Å². The molecule has 0 saturated heterocycles. The van der Waals surface area contributed by atoms with E-state index in [1.54, 1.807) is 22.8 Å². The number of aromatic nitrogens is 4. The number of imidazole rings is 1. The highest BCUT2D eigenvalue weighted by molar-refractivity contribution is 5.76. The molecule has 0 aliphatic heterocycles. The average Bonchev–Trinajstić information content (AvgIpc) is 2.96. The molecule has 0 saturated carbocycles. The smallest absolute Gasteiger partial charge is 0.332 e. The largest absolute Gasteiger partial charge is 0.343 e. The Balaban J connectivity index is 2.21. The summed E-state index contributed by atoms with van der Waals surface area (Å²) >= 11 is 0. The number of amides is 1. The number of hydrogen-bond donors (Lipinski definition) is 0. The van der Waals surface area contributed by atoms with Gasteiger partial charge in [-0.25, -0.2) is 9.78 Å². The molecule has 0 aliphatic carbocycles. The van der Waals surface area contributed by atoms with E-state index in [9.17, 15) is 14.4 Å². The SMILES string of the molecule is CCN(CC)C(=O)CCCn1cnc2c1c(=O)n(C)c(=O)n2C. The Kier molecular flexibility index (Phi) is 5.02. The van der Waals surface area contributed by atoms with E-state index in [4.69, 9.17) is 0 Å². The number of aryl methyl sites for hydroxylation is 2. The first-order valence-electron chi connectivity index (χ1n) is 7.80. The molecule has 1 amide bonds. The van der Waals surface area contributed by atoms with E-state index in [-0.39, 0.29) is 11.5 Å². The monoisotopic (exact) mass is 321 g/mol. The number of nitrogens with zero attached hydrogens (tertiary/aromatic N) is 5. The zero-order valence-corrected chi connectivity index (χ0v) is 14.1. The van der Waals surface area contributed by atoms with Crippen molar-refractivity contribution < 1.29 is 4.79 Å². The summed E-state index contributed by atoms with van der Waals surface area (Å²) < 4.78 is 4.14. The number of rotatable bonds is 6. The number of carbonyl (C=O) groups is 1. The summed E-state index contributed by atoms with van der Waals surface area (Å²) in [5.74, 6) is 0.111. The fourth-order valence-corrected chi connectivity index (χ4v) is 2.70. The van der Waals surface area contributed by atoms with Gasteiger partial charge in [-0.1, -0.05) is 0 Å². The van der Waals surface area contributed by atoms with Gasteiger partial charge in [-0.15, -0.1) is 0 Å². The fourth-order valence-electron chi connectivity index (χ4n) is 2.70. The minimum Gasteiger partial charge on any atom is -0.343 e. The molecule has 2 aromatic rings. The van der Waals surface area contributed by atoms with Gasteiger partial charge in [0.05, 0.1) is 6.33 Å². The van der Waals surface area contributed by atoms with Gasteiger partial charge >= 0.3 is 5.69 Å². The van der Waals surface area contributed by atoms with Crippen molar-refractivity contribution in [3.8, 4) is 0 Å². The summed E-state index contributed by atoms with van der Waals surface area (Å²) in [5, 5.41) is 0. The van der Waals surface area contributed by atoms with Crippen LogP contribution in [0.25, 0.3) is 11.2 Å². The van der Waals surface area contributed by atoms with E-state index in [2.05, 4.69) is 4.98 Å². The van der Waals surface area contributed by atoms with Gasteiger partial charge in [-0.05, 0) is 20.3 Å². The van der Waals surface area contributed by atoms with Crippen LogP contribution in [0, 0.1) is 0 Å². The standard InChI is InChI=1S/C15H23N5O3/c1-5-19(6-2)11(21)8-7-9-20-10-16-13-12(20)14(22)18(4)15(23)17(13)3/h10H,5-9H2,1-4H3. The van der Waals surface area contributed by atoms with Crippen LogP contribution >= 0.6 is 0 Å². The van der Waals surface area contributed by atoms with Crippen LogP contribution in [0.2, 0.25) is 0 Å². The van der Waals surface area contributed by atoms with Gasteiger partial charge in [0.25, 0.3) is 5.56 Å². The molecule has 2 rings (SSSR count).